The lowest BCUT2D eigenvalue weighted by Crippen LogP contribution is -2.49. The van der Waals surface area contributed by atoms with Gasteiger partial charge in [0.2, 0.25) is 5.91 Å². The molecule has 0 heterocycles. The monoisotopic (exact) mass is 462 g/mol. The number of ether oxygens (including phenoxy) is 1. The van der Waals surface area contributed by atoms with Crippen LogP contribution in [-0.2, 0) is 14.3 Å². The van der Waals surface area contributed by atoms with E-state index in [2.05, 4.69) is 34.9 Å². The van der Waals surface area contributed by atoms with E-state index in [0.717, 1.165) is 30.4 Å². The highest BCUT2D eigenvalue weighted by molar-refractivity contribution is 5.81. The van der Waals surface area contributed by atoms with Crippen LogP contribution in [0.15, 0.2) is 48.5 Å². The fourth-order valence-electron chi connectivity index (χ4n) is 5.55. The van der Waals surface area contributed by atoms with E-state index in [1.165, 1.54) is 11.1 Å². The molecule has 2 aromatic rings. The zero-order valence-electron chi connectivity index (χ0n) is 19.0. The van der Waals surface area contributed by atoms with Crippen LogP contribution >= 0.6 is 0 Å². The average Bonchev–Trinajstić information content (AvgIpc) is 3.57. The molecule has 2 saturated carbocycles. The summed E-state index contributed by atoms with van der Waals surface area (Å²) in [7, 11) is 0. The fourth-order valence-corrected chi connectivity index (χ4v) is 5.55. The molecule has 0 aromatic heterocycles. The molecule has 0 spiro atoms. The molecule has 2 amide bonds. The van der Waals surface area contributed by atoms with Gasteiger partial charge in [0.25, 0.3) is 0 Å². The van der Waals surface area contributed by atoms with Crippen molar-refractivity contribution in [3.63, 3.8) is 0 Å². The molecular formula is C27H30N2O5. The van der Waals surface area contributed by atoms with E-state index in [-0.39, 0.29) is 42.2 Å². The second-order valence-corrected chi connectivity index (χ2v) is 9.65. The number of amides is 2. The van der Waals surface area contributed by atoms with Crippen LogP contribution in [0.3, 0.4) is 0 Å². The Balaban J connectivity index is 1.17. The lowest BCUT2D eigenvalue weighted by atomic mass is 9.84. The molecule has 0 aliphatic heterocycles. The second-order valence-electron chi connectivity index (χ2n) is 9.65. The first-order valence-corrected chi connectivity index (χ1v) is 12.1. The van der Waals surface area contributed by atoms with Gasteiger partial charge in [0.1, 0.15) is 6.61 Å². The standard InChI is InChI=1S/C27H30N2O5/c30-25(28-14-16-13-22(16)26(31)32)21-11-5-6-12-24(21)29-27(33)34-15-23-19-9-3-1-7-17(19)18-8-2-4-10-20(18)23/h1-4,7-10,16,21-24H,5-6,11-15H2,(H,28,30)(H,29,33)(H,31,32)/t16-,21-,22-,24+/m0/s1. The first kappa shape index (κ1) is 22.4. The highest BCUT2D eigenvalue weighted by Crippen LogP contribution is 2.44. The largest absolute Gasteiger partial charge is 0.481 e. The number of carbonyl (C=O) groups excluding carboxylic acids is 2. The molecule has 7 heteroatoms. The van der Waals surface area contributed by atoms with Crippen molar-refractivity contribution < 1.29 is 24.2 Å². The minimum atomic E-state index is -0.799. The summed E-state index contributed by atoms with van der Waals surface area (Å²) in [5, 5.41) is 14.9. The second kappa shape index (κ2) is 9.49. The molecule has 178 valence electrons. The van der Waals surface area contributed by atoms with Crippen molar-refractivity contribution in [2.45, 2.75) is 44.1 Å². The molecule has 3 aliphatic carbocycles. The van der Waals surface area contributed by atoms with Gasteiger partial charge in [-0.15, -0.1) is 0 Å². The zero-order valence-corrected chi connectivity index (χ0v) is 19.0. The van der Waals surface area contributed by atoms with Gasteiger partial charge < -0.3 is 20.5 Å². The Kier molecular flexibility index (Phi) is 6.26. The number of carboxylic acids is 1. The predicted molar refractivity (Wildman–Crippen MR) is 126 cm³/mol. The number of rotatable bonds is 7. The number of hydrogen-bond donors (Lipinski definition) is 3. The summed E-state index contributed by atoms with van der Waals surface area (Å²) in [6, 6.07) is 16.1. The number of alkyl carbamates (subject to hydrolysis) is 1. The molecule has 5 rings (SSSR count). The Morgan fingerprint density at radius 3 is 2.21 bits per heavy atom. The first-order valence-electron chi connectivity index (χ1n) is 12.1. The number of fused-ring (bicyclic) bond motifs is 3. The van der Waals surface area contributed by atoms with E-state index in [1.807, 2.05) is 24.3 Å². The SMILES string of the molecule is O=C(N[C@@H]1CCCC[C@@H]1C(=O)NC[C@@H]1C[C@@H]1C(=O)O)OCC1c2ccccc2-c2ccccc21. The lowest BCUT2D eigenvalue weighted by Gasteiger charge is -2.31. The maximum atomic E-state index is 12.8. The van der Waals surface area contributed by atoms with Crippen molar-refractivity contribution >= 4 is 18.0 Å². The topological polar surface area (TPSA) is 105 Å². The van der Waals surface area contributed by atoms with Crippen molar-refractivity contribution in [3.8, 4) is 11.1 Å². The van der Waals surface area contributed by atoms with E-state index in [0.29, 0.717) is 19.4 Å². The van der Waals surface area contributed by atoms with Gasteiger partial charge in [-0.2, -0.15) is 0 Å². The number of aliphatic carboxylic acids is 1. The fraction of sp³-hybridized carbons (Fsp3) is 0.444. The van der Waals surface area contributed by atoms with Gasteiger partial charge in [0.15, 0.2) is 0 Å². The third-order valence-electron chi connectivity index (χ3n) is 7.53. The van der Waals surface area contributed by atoms with Crippen LogP contribution in [0.25, 0.3) is 11.1 Å². The maximum absolute atomic E-state index is 12.8. The van der Waals surface area contributed by atoms with Gasteiger partial charge >= 0.3 is 12.1 Å². The molecular weight excluding hydrogens is 432 g/mol. The number of carboxylic acid groups (broad SMARTS) is 1. The summed E-state index contributed by atoms with van der Waals surface area (Å²) >= 11 is 0. The number of benzene rings is 2. The normalized spacial score (nSPS) is 25.1. The summed E-state index contributed by atoms with van der Waals surface area (Å²) in [6.07, 6.45) is 3.42. The third-order valence-corrected chi connectivity index (χ3v) is 7.53. The molecule has 0 unspecified atom stereocenters. The maximum Gasteiger partial charge on any atom is 0.407 e. The van der Waals surface area contributed by atoms with Crippen LogP contribution in [-0.4, -0.2) is 42.3 Å². The van der Waals surface area contributed by atoms with E-state index in [9.17, 15) is 14.4 Å². The van der Waals surface area contributed by atoms with Crippen molar-refractivity contribution in [1.29, 1.82) is 0 Å². The van der Waals surface area contributed by atoms with E-state index in [1.54, 1.807) is 0 Å². The van der Waals surface area contributed by atoms with Crippen LogP contribution in [0.1, 0.15) is 49.1 Å². The summed E-state index contributed by atoms with van der Waals surface area (Å²) < 4.78 is 5.67. The Morgan fingerprint density at radius 2 is 1.56 bits per heavy atom. The van der Waals surface area contributed by atoms with E-state index >= 15 is 0 Å². The Hall–Kier alpha value is -3.35. The number of nitrogens with one attached hydrogen (secondary N) is 2. The van der Waals surface area contributed by atoms with Crippen molar-refractivity contribution in [2.24, 2.45) is 17.8 Å². The Morgan fingerprint density at radius 1 is 0.912 bits per heavy atom. The van der Waals surface area contributed by atoms with Gasteiger partial charge in [-0.1, -0.05) is 61.4 Å². The summed E-state index contributed by atoms with van der Waals surface area (Å²) in [5.74, 6) is -1.58. The van der Waals surface area contributed by atoms with Gasteiger partial charge in [0, 0.05) is 18.5 Å². The minimum absolute atomic E-state index is 0.00988. The van der Waals surface area contributed by atoms with Crippen LogP contribution in [0, 0.1) is 17.8 Å². The lowest BCUT2D eigenvalue weighted by molar-refractivity contribution is -0.139. The van der Waals surface area contributed by atoms with Gasteiger partial charge in [-0.25, -0.2) is 4.79 Å². The molecule has 4 atom stereocenters. The zero-order chi connectivity index (χ0) is 23.7. The molecule has 2 fully saturated rings. The summed E-state index contributed by atoms with van der Waals surface area (Å²) in [6.45, 7) is 0.617. The van der Waals surface area contributed by atoms with E-state index < -0.39 is 12.1 Å². The summed E-state index contributed by atoms with van der Waals surface area (Å²) in [5.41, 5.74) is 4.67. The van der Waals surface area contributed by atoms with Crippen molar-refractivity contribution in [2.75, 3.05) is 13.2 Å². The average molecular weight is 463 g/mol. The van der Waals surface area contributed by atoms with Gasteiger partial charge in [-0.05, 0) is 47.4 Å². The number of carbonyl (C=O) groups is 3. The quantitative estimate of drug-likeness (QED) is 0.579. The number of hydrogen-bond acceptors (Lipinski definition) is 4. The van der Waals surface area contributed by atoms with Gasteiger partial charge in [-0.3, -0.25) is 9.59 Å². The molecule has 34 heavy (non-hydrogen) atoms. The molecule has 0 saturated heterocycles. The van der Waals surface area contributed by atoms with Crippen LogP contribution in [0.4, 0.5) is 4.79 Å². The van der Waals surface area contributed by atoms with Crippen LogP contribution in [0.2, 0.25) is 0 Å². The molecule has 7 nitrogen and oxygen atoms in total. The van der Waals surface area contributed by atoms with Gasteiger partial charge in [0.05, 0.1) is 11.8 Å². The first-order chi connectivity index (χ1) is 16.5. The van der Waals surface area contributed by atoms with Crippen LogP contribution in [0.5, 0.6) is 0 Å². The van der Waals surface area contributed by atoms with Crippen molar-refractivity contribution in [1.82, 2.24) is 10.6 Å². The minimum Gasteiger partial charge on any atom is -0.481 e. The van der Waals surface area contributed by atoms with Crippen molar-refractivity contribution in [3.05, 3.63) is 59.7 Å². The molecule has 3 aliphatic rings. The highest BCUT2D eigenvalue weighted by Gasteiger charge is 2.43. The molecule has 0 radical (unpaired) electrons. The third kappa shape index (κ3) is 4.52. The Labute approximate surface area is 198 Å². The summed E-state index contributed by atoms with van der Waals surface area (Å²) in [4.78, 5) is 36.5. The molecule has 0 bridgehead atoms. The highest BCUT2D eigenvalue weighted by atomic mass is 16.5. The molecule has 3 N–H and O–H groups in total. The van der Waals surface area contributed by atoms with E-state index in [4.69, 9.17) is 9.84 Å². The smallest absolute Gasteiger partial charge is 0.407 e. The predicted octanol–water partition coefficient (Wildman–Crippen LogP) is 3.92. The Bertz CT molecular complexity index is 1050. The van der Waals surface area contributed by atoms with Crippen LogP contribution < -0.4 is 10.6 Å². The molecule has 2 aromatic carbocycles.